The Morgan fingerprint density at radius 3 is 2.56 bits per heavy atom. The van der Waals surface area contributed by atoms with Gasteiger partial charge < -0.3 is 15.5 Å². The van der Waals surface area contributed by atoms with Crippen LogP contribution >= 0.6 is 0 Å². The number of hydrogen-bond acceptors (Lipinski definition) is 3. The minimum atomic E-state index is -0.366. The zero-order valence-corrected chi connectivity index (χ0v) is 5.54. The van der Waals surface area contributed by atoms with Crippen molar-refractivity contribution < 1.29 is 10.2 Å². The maximum Gasteiger partial charge on any atom is 0.0753 e. The monoisotopic (exact) mass is 131 g/mol. The van der Waals surface area contributed by atoms with E-state index in [1.54, 1.807) is 0 Å². The number of rotatable bonds is 1. The lowest BCUT2D eigenvalue weighted by Gasteiger charge is -2.12. The van der Waals surface area contributed by atoms with Crippen LogP contribution in [0.5, 0.6) is 0 Å². The predicted molar refractivity (Wildman–Crippen MR) is 34.0 cm³/mol. The molecule has 3 atom stereocenters. The van der Waals surface area contributed by atoms with Crippen LogP contribution in [0.1, 0.15) is 6.92 Å². The molecule has 9 heavy (non-hydrogen) atoms. The van der Waals surface area contributed by atoms with E-state index in [0.717, 1.165) is 6.54 Å². The van der Waals surface area contributed by atoms with Crippen LogP contribution in [0.2, 0.25) is 0 Å². The van der Waals surface area contributed by atoms with Gasteiger partial charge in [0.1, 0.15) is 0 Å². The Labute approximate surface area is 54.7 Å². The van der Waals surface area contributed by atoms with Gasteiger partial charge in [-0.15, -0.1) is 0 Å². The van der Waals surface area contributed by atoms with Crippen molar-refractivity contribution in [1.82, 2.24) is 5.32 Å². The molecule has 0 amide bonds. The Morgan fingerprint density at radius 1 is 1.67 bits per heavy atom. The third-order valence-electron chi connectivity index (χ3n) is 1.89. The fraction of sp³-hybridized carbons (Fsp3) is 1.00. The standard InChI is InChI=1S/C6H13NO2/c1-4-2-7-5(3-8)6(4)9/h4-9H,2-3H2,1H3/t4-,5-,6+/m0/s1. The lowest BCUT2D eigenvalue weighted by molar-refractivity contribution is 0.0955. The van der Waals surface area contributed by atoms with Crippen LogP contribution in [0.15, 0.2) is 0 Å². The van der Waals surface area contributed by atoms with Crippen LogP contribution in [-0.2, 0) is 0 Å². The quantitative estimate of drug-likeness (QED) is 0.425. The topological polar surface area (TPSA) is 52.5 Å². The third kappa shape index (κ3) is 1.23. The lowest BCUT2D eigenvalue weighted by Crippen LogP contribution is -2.34. The molecule has 1 rings (SSSR count). The fourth-order valence-electron chi connectivity index (χ4n) is 1.15. The normalized spacial score (nSPS) is 43.7. The van der Waals surface area contributed by atoms with E-state index in [1.165, 1.54) is 0 Å². The van der Waals surface area contributed by atoms with Gasteiger partial charge in [0.2, 0.25) is 0 Å². The molecular formula is C6H13NO2. The van der Waals surface area contributed by atoms with Gasteiger partial charge in [-0.05, 0) is 5.92 Å². The first kappa shape index (κ1) is 6.99. The van der Waals surface area contributed by atoms with Crippen molar-refractivity contribution in [2.45, 2.75) is 19.1 Å². The van der Waals surface area contributed by atoms with Crippen molar-refractivity contribution in [2.75, 3.05) is 13.2 Å². The molecule has 3 N–H and O–H groups in total. The van der Waals surface area contributed by atoms with E-state index in [-0.39, 0.29) is 24.7 Å². The summed E-state index contributed by atoms with van der Waals surface area (Å²) in [6.45, 7) is 2.81. The molecule has 3 heteroatoms. The first-order valence-electron chi connectivity index (χ1n) is 3.28. The minimum absolute atomic E-state index is 0.0332. The van der Waals surface area contributed by atoms with Gasteiger partial charge in [0, 0.05) is 6.54 Å². The Morgan fingerprint density at radius 2 is 2.33 bits per heavy atom. The summed E-state index contributed by atoms with van der Waals surface area (Å²) in [6, 6.07) is -0.0972. The van der Waals surface area contributed by atoms with Crippen LogP contribution in [0.3, 0.4) is 0 Å². The molecule has 0 spiro atoms. The van der Waals surface area contributed by atoms with E-state index >= 15 is 0 Å². The summed E-state index contributed by atoms with van der Waals surface area (Å²) in [5, 5.41) is 20.9. The fourth-order valence-corrected chi connectivity index (χ4v) is 1.15. The summed E-state index contributed by atoms with van der Waals surface area (Å²) in [4.78, 5) is 0. The Balaban J connectivity index is 2.41. The summed E-state index contributed by atoms with van der Waals surface area (Å²) in [5.74, 6) is 0.280. The molecule has 1 saturated heterocycles. The zero-order valence-electron chi connectivity index (χ0n) is 5.54. The maximum atomic E-state index is 9.23. The highest BCUT2D eigenvalue weighted by atomic mass is 16.3. The van der Waals surface area contributed by atoms with E-state index < -0.39 is 0 Å². The van der Waals surface area contributed by atoms with Crippen LogP contribution in [-0.4, -0.2) is 35.5 Å². The lowest BCUT2D eigenvalue weighted by atomic mass is 10.1. The number of aliphatic hydroxyl groups excluding tert-OH is 2. The molecular weight excluding hydrogens is 118 g/mol. The highest BCUT2D eigenvalue weighted by Gasteiger charge is 2.30. The summed E-state index contributed by atoms with van der Waals surface area (Å²) in [5.41, 5.74) is 0. The molecule has 0 aromatic rings. The van der Waals surface area contributed by atoms with Crippen molar-refractivity contribution in [1.29, 1.82) is 0 Å². The van der Waals surface area contributed by atoms with Gasteiger partial charge in [0.15, 0.2) is 0 Å². The van der Waals surface area contributed by atoms with Gasteiger partial charge >= 0.3 is 0 Å². The van der Waals surface area contributed by atoms with E-state index in [1.807, 2.05) is 6.92 Å². The molecule has 1 heterocycles. The van der Waals surface area contributed by atoms with Gasteiger partial charge in [0.05, 0.1) is 18.8 Å². The first-order valence-corrected chi connectivity index (χ1v) is 3.28. The second-order valence-corrected chi connectivity index (χ2v) is 2.67. The zero-order chi connectivity index (χ0) is 6.85. The van der Waals surface area contributed by atoms with Crippen molar-refractivity contribution in [3.8, 4) is 0 Å². The van der Waals surface area contributed by atoms with Gasteiger partial charge in [-0.3, -0.25) is 0 Å². The molecule has 0 aliphatic carbocycles. The highest BCUT2D eigenvalue weighted by molar-refractivity contribution is 4.87. The molecule has 0 saturated carbocycles. The minimum Gasteiger partial charge on any atom is -0.395 e. The van der Waals surface area contributed by atoms with Gasteiger partial charge in [-0.1, -0.05) is 6.92 Å². The van der Waals surface area contributed by atoms with Crippen molar-refractivity contribution in [3.63, 3.8) is 0 Å². The smallest absolute Gasteiger partial charge is 0.0753 e. The summed E-state index contributed by atoms with van der Waals surface area (Å²) in [7, 11) is 0. The average molecular weight is 131 g/mol. The van der Waals surface area contributed by atoms with Crippen LogP contribution in [0.25, 0.3) is 0 Å². The number of nitrogens with one attached hydrogen (secondary N) is 1. The second kappa shape index (κ2) is 2.64. The van der Waals surface area contributed by atoms with Crippen LogP contribution < -0.4 is 5.32 Å². The largest absolute Gasteiger partial charge is 0.395 e. The summed E-state index contributed by atoms with van der Waals surface area (Å²) < 4.78 is 0. The number of hydrogen-bond donors (Lipinski definition) is 3. The predicted octanol–water partition coefficient (Wildman–Crippen LogP) is -1.05. The molecule has 0 aromatic heterocycles. The molecule has 0 bridgehead atoms. The highest BCUT2D eigenvalue weighted by Crippen LogP contribution is 2.12. The summed E-state index contributed by atoms with van der Waals surface area (Å²) >= 11 is 0. The van der Waals surface area contributed by atoms with Crippen LogP contribution in [0, 0.1) is 5.92 Å². The van der Waals surface area contributed by atoms with E-state index in [0.29, 0.717) is 0 Å². The maximum absolute atomic E-state index is 9.23. The molecule has 0 unspecified atom stereocenters. The van der Waals surface area contributed by atoms with E-state index in [9.17, 15) is 5.11 Å². The first-order chi connectivity index (χ1) is 4.25. The Kier molecular flexibility index (Phi) is 2.05. The van der Waals surface area contributed by atoms with Crippen molar-refractivity contribution in [3.05, 3.63) is 0 Å². The molecule has 1 aliphatic rings. The molecule has 54 valence electrons. The molecule has 1 aliphatic heterocycles. The Hall–Kier alpha value is -0.120. The van der Waals surface area contributed by atoms with Gasteiger partial charge in [0.25, 0.3) is 0 Å². The molecule has 1 fully saturated rings. The average Bonchev–Trinajstić information content (AvgIpc) is 2.15. The van der Waals surface area contributed by atoms with Gasteiger partial charge in [-0.25, -0.2) is 0 Å². The SMILES string of the molecule is C[C@H]1CN[C@@H](CO)[C@@H]1O. The Bertz CT molecular complexity index is 97.1. The summed E-state index contributed by atoms with van der Waals surface area (Å²) in [6.07, 6.45) is -0.366. The van der Waals surface area contributed by atoms with E-state index in [2.05, 4.69) is 5.32 Å². The third-order valence-corrected chi connectivity index (χ3v) is 1.89. The van der Waals surface area contributed by atoms with Crippen molar-refractivity contribution in [2.24, 2.45) is 5.92 Å². The van der Waals surface area contributed by atoms with Crippen LogP contribution in [0.4, 0.5) is 0 Å². The molecule has 3 nitrogen and oxygen atoms in total. The second-order valence-electron chi connectivity index (χ2n) is 2.67. The van der Waals surface area contributed by atoms with Crippen molar-refractivity contribution >= 4 is 0 Å². The number of aliphatic hydroxyl groups is 2. The molecule has 0 radical (unpaired) electrons. The van der Waals surface area contributed by atoms with Gasteiger partial charge in [-0.2, -0.15) is 0 Å². The van der Waals surface area contributed by atoms with E-state index in [4.69, 9.17) is 5.11 Å². The molecule has 0 aromatic carbocycles.